The Hall–Kier alpha value is -12.7. The lowest BCUT2D eigenvalue weighted by molar-refractivity contribution is 0.664. The van der Waals surface area contributed by atoms with Gasteiger partial charge in [-0.2, -0.15) is 0 Å². The van der Waals surface area contributed by atoms with Gasteiger partial charge in [0, 0.05) is 91.4 Å². The fourth-order valence-electron chi connectivity index (χ4n) is 16.1. The van der Waals surface area contributed by atoms with Crippen molar-refractivity contribution in [3.05, 3.63) is 371 Å². The average molecular weight is 1330 g/mol. The first-order valence-electron chi connectivity index (χ1n) is 35.3. The van der Waals surface area contributed by atoms with Crippen LogP contribution in [0, 0.1) is 6.92 Å². The van der Waals surface area contributed by atoms with Crippen LogP contribution in [0.3, 0.4) is 0 Å². The van der Waals surface area contributed by atoms with Gasteiger partial charge >= 0.3 is 0 Å². The van der Waals surface area contributed by atoms with E-state index in [1.165, 1.54) is 32.7 Å². The molecule has 0 radical (unpaired) electrons. The zero-order valence-corrected chi connectivity index (χ0v) is 57.9. The van der Waals surface area contributed by atoms with E-state index in [-0.39, 0.29) is 6.04 Å². The van der Waals surface area contributed by atoms with Gasteiger partial charge in [0.05, 0.1) is 45.9 Å². The Morgan fingerprint density at radius 1 is 0.441 bits per heavy atom. The zero-order valence-electron chi connectivity index (χ0n) is 56.7. The molecular formula is C95H68N4O2Si. The molecule has 2 aliphatic rings. The molecule has 0 bridgehead atoms. The monoisotopic (exact) mass is 1320 g/mol. The van der Waals surface area contributed by atoms with Crippen LogP contribution in [0.25, 0.3) is 110 Å². The molecule has 2 aromatic heterocycles. The SMILES string of the molecule is Cc1ccc2c(c1)=CN(c1cc3c4cccc(C(=Nc5ccccc5)c5ccccc5)c4oc3c3c1cc(N(c1ccccc1)c1cc4ccccc4c4c(-c5ccccc5)cccc14)c1cc(C(=Nc4ccccc4)c4ccccc4)c4oc5c(C[SiH](C)C)cccc5c4c13)C1C=CC=CC=21. The van der Waals surface area contributed by atoms with Crippen LogP contribution < -0.4 is 20.2 Å². The molecule has 0 spiro atoms. The zero-order chi connectivity index (χ0) is 67.9. The van der Waals surface area contributed by atoms with Gasteiger partial charge in [-0.1, -0.05) is 273 Å². The number of para-hydroxylation sites is 5. The Morgan fingerprint density at radius 2 is 1.04 bits per heavy atom. The lowest BCUT2D eigenvalue weighted by Crippen LogP contribution is -2.44. The first-order valence-corrected chi connectivity index (χ1v) is 38.4. The van der Waals surface area contributed by atoms with Crippen LogP contribution in [0.4, 0.5) is 34.1 Å². The third kappa shape index (κ3) is 10.2. The molecular weight excluding hydrogens is 1260 g/mol. The van der Waals surface area contributed by atoms with E-state index in [4.69, 9.17) is 18.8 Å². The summed E-state index contributed by atoms with van der Waals surface area (Å²) in [5.41, 5.74) is 20.1. The Balaban J connectivity index is 1.06. The third-order valence-corrected chi connectivity index (χ3v) is 21.8. The number of aryl methyl sites for hydroxylation is 1. The number of aliphatic imine (C=N–C) groups is 2. The molecule has 1 aliphatic heterocycles. The number of fused-ring (bicyclic) bond motifs is 16. The summed E-state index contributed by atoms with van der Waals surface area (Å²) in [7, 11) is -1.23. The molecule has 15 aromatic carbocycles. The minimum absolute atomic E-state index is 0.171. The van der Waals surface area contributed by atoms with Crippen molar-refractivity contribution in [3.8, 4) is 11.1 Å². The predicted molar refractivity (Wildman–Crippen MR) is 433 cm³/mol. The molecule has 484 valence electrons. The Morgan fingerprint density at radius 3 is 1.76 bits per heavy atom. The first-order chi connectivity index (χ1) is 50.3. The van der Waals surface area contributed by atoms with E-state index >= 15 is 0 Å². The van der Waals surface area contributed by atoms with Gasteiger partial charge in [-0.25, -0.2) is 9.98 Å². The summed E-state index contributed by atoms with van der Waals surface area (Å²) in [5.74, 6) is 0. The molecule has 0 N–H and O–H groups in total. The lowest BCUT2D eigenvalue weighted by Gasteiger charge is -2.35. The highest BCUT2D eigenvalue weighted by Crippen LogP contribution is 2.55. The second-order valence-electron chi connectivity index (χ2n) is 27.4. The number of hydrogen-bond acceptors (Lipinski definition) is 6. The van der Waals surface area contributed by atoms with Crippen molar-refractivity contribution >= 4 is 153 Å². The lowest BCUT2D eigenvalue weighted by atomic mass is 9.88. The number of furan rings is 2. The van der Waals surface area contributed by atoms with E-state index in [1.54, 1.807) is 0 Å². The standard InChI is InChI=1S/C95H68N4O2Si/c1-60-51-52-70-66(53-60)58-98(82-50-25-24-44-73(70)82)83-56-78-74-46-28-49-77(90(62-31-12-5-13-32-62)96-67-37-16-7-17-38-67)93(74)101-94(78)89-80(83)57-85(99(69-41-20-9-21-42-69)84-54-64-35-22-23-43-72(64)86-71(45-27-47-75(84)86)61-29-10-4-11-30-61)79-55-81(91(63-33-14-6-15-34-63)97-68-39-18-8-19-40-68)95-88(87(79)89)76-48-26-36-65(59-102(2)3)92(76)100-95/h4-58,82,102H,59H2,1-3H3. The molecule has 0 saturated carbocycles. The van der Waals surface area contributed by atoms with Crippen LogP contribution in [0.5, 0.6) is 0 Å². The van der Waals surface area contributed by atoms with Crippen LogP contribution in [0.1, 0.15) is 33.4 Å². The number of rotatable bonds is 13. The van der Waals surface area contributed by atoms with Crippen molar-refractivity contribution in [2.24, 2.45) is 9.98 Å². The van der Waals surface area contributed by atoms with Gasteiger partial charge in [-0.05, 0) is 135 Å². The van der Waals surface area contributed by atoms with Gasteiger partial charge in [-0.15, -0.1) is 0 Å². The van der Waals surface area contributed by atoms with Crippen molar-refractivity contribution in [3.63, 3.8) is 0 Å². The molecule has 0 amide bonds. The van der Waals surface area contributed by atoms with Crippen LogP contribution in [-0.2, 0) is 6.04 Å². The highest BCUT2D eigenvalue weighted by molar-refractivity contribution is 6.55. The molecule has 0 fully saturated rings. The van der Waals surface area contributed by atoms with E-state index in [1.807, 2.05) is 18.2 Å². The maximum atomic E-state index is 8.03. The van der Waals surface area contributed by atoms with Crippen LogP contribution >= 0.6 is 0 Å². The van der Waals surface area contributed by atoms with Crippen molar-refractivity contribution < 1.29 is 8.83 Å². The molecule has 1 atom stereocenters. The average Bonchev–Trinajstić information content (AvgIpc) is 1.40. The maximum Gasteiger partial charge on any atom is 0.145 e. The third-order valence-electron chi connectivity index (χ3n) is 20.5. The minimum Gasteiger partial charge on any atom is -0.455 e. The highest BCUT2D eigenvalue weighted by atomic mass is 28.3. The topological polar surface area (TPSA) is 57.5 Å². The van der Waals surface area contributed by atoms with E-state index in [9.17, 15) is 0 Å². The van der Waals surface area contributed by atoms with Crippen LogP contribution in [0.2, 0.25) is 13.1 Å². The Labute approximate surface area is 592 Å². The minimum atomic E-state index is -1.23. The molecule has 1 aliphatic carbocycles. The van der Waals surface area contributed by atoms with Gasteiger partial charge < -0.3 is 18.6 Å². The molecule has 0 saturated heterocycles. The number of benzene rings is 15. The summed E-state index contributed by atoms with van der Waals surface area (Å²) in [4.78, 5) is 16.4. The van der Waals surface area contributed by atoms with Gasteiger partial charge in [0.25, 0.3) is 0 Å². The number of allylic oxidation sites excluding steroid dienone is 2. The van der Waals surface area contributed by atoms with Gasteiger partial charge in [-0.3, -0.25) is 0 Å². The molecule has 6 nitrogen and oxygen atoms in total. The molecule has 3 heterocycles. The normalized spacial score (nSPS) is 13.9. The largest absolute Gasteiger partial charge is 0.455 e. The quantitative estimate of drug-likeness (QED) is 0.0656. The van der Waals surface area contributed by atoms with E-state index < -0.39 is 8.80 Å². The van der Waals surface area contributed by atoms with Crippen molar-refractivity contribution in [1.29, 1.82) is 0 Å². The van der Waals surface area contributed by atoms with E-state index in [0.29, 0.717) is 0 Å². The fraction of sp³-hybridized carbons (Fsp3) is 0.0526. The molecule has 17 aromatic rings. The van der Waals surface area contributed by atoms with Gasteiger partial charge in [0.1, 0.15) is 22.3 Å². The smallest absolute Gasteiger partial charge is 0.145 e. The van der Waals surface area contributed by atoms with Crippen molar-refractivity contribution in [2.75, 3.05) is 9.80 Å². The predicted octanol–water partition coefficient (Wildman–Crippen LogP) is 23.4. The number of hydrogen-bond donors (Lipinski definition) is 0. The summed E-state index contributed by atoms with van der Waals surface area (Å²) >= 11 is 0. The fourth-order valence-corrected chi connectivity index (χ4v) is 17.3. The summed E-state index contributed by atoms with van der Waals surface area (Å²) in [6.07, 6.45) is 11.5. The highest BCUT2D eigenvalue weighted by Gasteiger charge is 2.33. The molecule has 7 heteroatoms. The van der Waals surface area contributed by atoms with E-state index in [2.05, 4.69) is 345 Å². The second kappa shape index (κ2) is 24.9. The summed E-state index contributed by atoms with van der Waals surface area (Å²) in [5, 5.41) is 14.9. The Bertz CT molecular complexity index is 6500. The van der Waals surface area contributed by atoms with E-state index in [0.717, 1.165) is 166 Å². The second-order valence-corrected chi connectivity index (χ2v) is 30.6. The van der Waals surface area contributed by atoms with Crippen molar-refractivity contribution in [1.82, 2.24) is 0 Å². The van der Waals surface area contributed by atoms with Crippen LogP contribution in [-0.4, -0.2) is 26.3 Å². The van der Waals surface area contributed by atoms with Crippen LogP contribution in [0.15, 0.2) is 346 Å². The summed E-state index contributed by atoms with van der Waals surface area (Å²) in [6, 6.07) is 110. The summed E-state index contributed by atoms with van der Waals surface area (Å²) in [6.45, 7) is 7.05. The van der Waals surface area contributed by atoms with Gasteiger partial charge in [0.2, 0.25) is 0 Å². The first kappa shape index (κ1) is 60.5. The van der Waals surface area contributed by atoms with Gasteiger partial charge in [0.15, 0.2) is 0 Å². The molecule has 102 heavy (non-hydrogen) atoms. The molecule has 1 unspecified atom stereocenters. The Kier molecular flexibility index (Phi) is 14.8. The number of nitrogens with zero attached hydrogens (tertiary/aromatic N) is 4. The number of anilines is 4. The summed E-state index contributed by atoms with van der Waals surface area (Å²) < 4.78 is 15.9. The van der Waals surface area contributed by atoms with Crippen molar-refractivity contribution in [2.45, 2.75) is 32.1 Å². The molecule has 19 rings (SSSR count). The maximum absolute atomic E-state index is 8.03.